The van der Waals surface area contributed by atoms with E-state index in [4.69, 9.17) is 9.47 Å². The Hall–Kier alpha value is -4.23. The Kier molecular flexibility index (Phi) is 8.04. The molecule has 0 unspecified atom stereocenters. The molecular formula is C28H21BrN2O4. The van der Waals surface area contributed by atoms with Gasteiger partial charge in [-0.25, -0.2) is 10.2 Å². The summed E-state index contributed by atoms with van der Waals surface area (Å²) in [6.45, 7) is -0.181. The van der Waals surface area contributed by atoms with Crippen LogP contribution in [0.4, 0.5) is 0 Å². The van der Waals surface area contributed by atoms with Crippen LogP contribution in [0.25, 0.3) is 16.8 Å². The number of nitrogens with one attached hydrogen (secondary N) is 1. The molecule has 6 nitrogen and oxygen atoms in total. The van der Waals surface area contributed by atoms with Gasteiger partial charge in [-0.1, -0.05) is 60.7 Å². The number of hydrogen-bond acceptors (Lipinski definition) is 5. The molecule has 1 amide bonds. The molecule has 0 radical (unpaired) electrons. The molecule has 4 rings (SSSR count). The maximum Gasteiger partial charge on any atom is 0.336 e. The van der Waals surface area contributed by atoms with Crippen molar-refractivity contribution < 1.29 is 19.1 Å². The summed E-state index contributed by atoms with van der Waals surface area (Å²) in [5.41, 5.74) is 4.07. The largest absolute Gasteiger partial charge is 0.483 e. The SMILES string of the molecule is O=C(COc1ccc2ccccc2c1Br)N/N=C/c1ccc(OC(=O)/C=C/c2ccccc2)cc1. The second-order valence-electron chi connectivity index (χ2n) is 7.41. The first-order chi connectivity index (χ1) is 17.1. The second-order valence-corrected chi connectivity index (χ2v) is 8.21. The van der Waals surface area contributed by atoms with Crippen molar-refractivity contribution in [1.82, 2.24) is 5.43 Å². The third-order valence-corrected chi connectivity index (χ3v) is 5.72. The lowest BCUT2D eigenvalue weighted by molar-refractivity contribution is -0.129. The van der Waals surface area contributed by atoms with E-state index in [9.17, 15) is 9.59 Å². The van der Waals surface area contributed by atoms with Crippen molar-refractivity contribution in [2.45, 2.75) is 0 Å². The number of amides is 1. The third kappa shape index (κ3) is 6.88. The van der Waals surface area contributed by atoms with Gasteiger partial charge in [0, 0.05) is 6.08 Å². The van der Waals surface area contributed by atoms with E-state index in [-0.39, 0.29) is 6.61 Å². The molecule has 0 spiro atoms. The molecule has 0 fully saturated rings. The smallest absolute Gasteiger partial charge is 0.336 e. The summed E-state index contributed by atoms with van der Waals surface area (Å²) in [5.74, 6) is 0.118. The molecule has 0 bridgehead atoms. The number of hydrogen-bond donors (Lipinski definition) is 1. The highest BCUT2D eigenvalue weighted by Gasteiger charge is 2.08. The summed E-state index contributed by atoms with van der Waals surface area (Å²) in [4.78, 5) is 24.1. The molecule has 0 aromatic heterocycles. The van der Waals surface area contributed by atoms with Crippen molar-refractivity contribution in [2.75, 3.05) is 6.61 Å². The molecule has 0 atom stereocenters. The molecular weight excluding hydrogens is 508 g/mol. The number of benzene rings is 4. The Balaban J connectivity index is 1.24. The number of ether oxygens (including phenoxy) is 2. The number of fused-ring (bicyclic) bond motifs is 1. The molecule has 0 heterocycles. The van der Waals surface area contributed by atoms with Gasteiger partial charge in [0.25, 0.3) is 5.91 Å². The number of halogens is 1. The predicted octanol–water partition coefficient (Wildman–Crippen LogP) is 5.75. The van der Waals surface area contributed by atoms with Crippen LogP contribution < -0.4 is 14.9 Å². The number of hydrazone groups is 1. The molecule has 1 N–H and O–H groups in total. The summed E-state index contributed by atoms with van der Waals surface area (Å²) in [6, 6.07) is 27.9. The lowest BCUT2D eigenvalue weighted by Gasteiger charge is -2.09. The average Bonchev–Trinajstić information content (AvgIpc) is 2.89. The summed E-state index contributed by atoms with van der Waals surface area (Å²) in [6.07, 6.45) is 4.55. The summed E-state index contributed by atoms with van der Waals surface area (Å²) in [5, 5.41) is 6.02. The molecule has 0 saturated carbocycles. The van der Waals surface area contributed by atoms with E-state index in [0.29, 0.717) is 11.5 Å². The van der Waals surface area contributed by atoms with Crippen LogP contribution in [0.3, 0.4) is 0 Å². The van der Waals surface area contributed by atoms with Crippen LogP contribution in [0.2, 0.25) is 0 Å². The van der Waals surface area contributed by atoms with Crippen molar-refractivity contribution in [1.29, 1.82) is 0 Å². The van der Waals surface area contributed by atoms with Gasteiger partial charge in [-0.3, -0.25) is 4.79 Å². The molecule has 7 heteroatoms. The van der Waals surface area contributed by atoms with E-state index in [1.54, 1.807) is 30.3 Å². The topological polar surface area (TPSA) is 77.0 Å². The first-order valence-electron chi connectivity index (χ1n) is 10.8. The number of carbonyl (C=O) groups is 2. The zero-order valence-electron chi connectivity index (χ0n) is 18.6. The van der Waals surface area contributed by atoms with E-state index >= 15 is 0 Å². The van der Waals surface area contributed by atoms with Gasteiger partial charge in [-0.15, -0.1) is 0 Å². The maximum atomic E-state index is 12.1. The Morgan fingerprint density at radius 2 is 1.60 bits per heavy atom. The summed E-state index contributed by atoms with van der Waals surface area (Å²) in [7, 11) is 0. The standard InChI is InChI=1S/C28H21BrN2O4/c29-28-24-9-5-4-8-22(24)13-16-25(28)34-19-26(32)31-30-18-21-10-14-23(15-11-21)35-27(33)17-12-20-6-2-1-3-7-20/h1-18H,19H2,(H,31,32)/b17-12+,30-18+. The molecule has 0 aliphatic heterocycles. The molecule has 4 aromatic carbocycles. The van der Waals surface area contributed by atoms with Crippen molar-refractivity contribution in [3.05, 3.63) is 113 Å². The summed E-state index contributed by atoms with van der Waals surface area (Å²) < 4.78 is 11.7. The van der Waals surface area contributed by atoms with Gasteiger partial charge < -0.3 is 9.47 Å². The van der Waals surface area contributed by atoms with E-state index in [2.05, 4.69) is 26.5 Å². The zero-order chi connectivity index (χ0) is 24.5. The Morgan fingerprint density at radius 1 is 0.857 bits per heavy atom. The van der Waals surface area contributed by atoms with Gasteiger partial charge in [0.05, 0.1) is 10.7 Å². The number of esters is 1. The number of nitrogens with zero attached hydrogens (tertiary/aromatic N) is 1. The van der Waals surface area contributed by atoms with Crippen molar-refractivity contribution in [2.24, 2.45) is 5.10 Å². The van der Waals surface area contributed by atoms with Gasteiger partial charge in [0.15, 0.2) is 6.61 Å². The van der Waals surface area contributed by atoms with E-state index in [0.717, 1.165) is 26.4 Å². The Morgan fingerprint density at radius 3 is 2.40 bits per heavy atom. The van der Waals surface area contributed by atoms with Crippen LogP contribution in [0.5, 0.6) is 11.5 Å². The second kappa shape index (κ2) is 11.8. The quantitative estimate of drug-likeness (QED) is 0.104. The van der Waals surface area contributed by atoms with Crippen molar-refractivity contribution in [3.8, 4) is 11.5 Å². The van der Waals surface area contributed by atoms with E-state index < -0.39 is 11.9 Å². The van der Waals surface area contributed by atoms with Crippen LogP contribution in [-0.4, -0.2) is 24.7 Å². The maximum absolute atomic E-state index is 12.1. The molecule has 4 aromatic rings. The first-order valence-corrected chi connectivity index (χ1v) is 11.5. The Bertz CT molecular complexity index is 1380. The van der Waals surface area contributed by atoms with Crippen LogP contribution in [-0.2, 0) is 9.59 Å². The van der Waals surface area contributed by atoms with Crippen molar-refractivity contribution in [3.63, 3.8) is 0 Å². The van der Waals surface area contributed by atoms with Crippen molar-refractivity contribution >= 4 is 50.9 Å². The monoisotopic (exact) mass is 528 g/mol. The highest BCUT2D eigenvalue weighted by molar-refractivity contribution is 9.10. The van der Waals surface area contributed by atoms with Crippen LogP contribution >= 0.6 is 15.9 Å². The van der Waals surface area contributed by atoms with Gasteiger partial charge >= 0.3 is 5.97 Å². The molecule has 35 heavy (non-hydrogen) atoms. The fraction of sp³-hybridized carbons (Fsp3) is 0.0357. The van der Waals surface area contributed by atoms with Crippen LogP contribution in [0.1, 0.15) is 11.1 Å². The lowest BCUT2D eigenvalue weighted by Crippen LogP contribution is -2.24. The lowest BCUT2D eigenvalue weighted by atomic mass is 10.1. The minimum absolute atomic E-state index is 0.181. The zero-order valence-corrected chi connectivity index (χ0v) is 20.1. The number of rotatable bonds is 8. The third-order valence-electron chi connectivity index (χ3n) is 4.90. The minimum Gasteiger partial charge on any atom is -0.483 e. The highest BCUT2D eigenvalue weighted by Crippen LogP contribution is 2.32. The van der Waals surface area contributed by atoms with Gasteiger partial charge in [-0.05, 0) is 74.2 Å². The summed E-state index contributed by atoms with van der Waals surface area (Å²) >= 11 is 3.53. The fourth-order valence-corrected chi connectivity index (χ4v) is 3.79. The predicted molar refractivity (Wildman–Crippen MR) is 140 cm³/mol. The Labute approximate surface area is 211 Å². The van der Waals surface area contributed by atoms with Gasteiger partial charge in [-0.2, -0.15) is 5.10 Å². The van der Waals surface area contributed by atoms with Crippen LogP contribution in [0.15, 0.2) is 107 Å². The number of carbonyl (C=O) groups excluding carboxylic acids is 2. The van der Waals surface area contributed by atoms with Gasteiger partial charge in [0.2, 0.25) is 0 Å². The van der Waals surface area contributed by atoms with E-state index in [1.165, 1.54) is 12.3 Å². The van der Waals surface area contributed by atoms with Crippen LogP contribution in [0, 0.1) is 0 Å². The van der Waals surface area contributed by atoms with Gasteiger partial charge in [0.1, 0.15) is 11.5 Å². The normalized spacial score (nSPS) is 11.1. The fourth-order valence-electron chi connectivity index (χ4n) is 3.18. The minimum atomic E-state index is -0.472. The highest BCUT2D eigenvalue weighted by atomic mass is 79.9. The molecule has 0 aliphatic carbocycles. The van der Waals surface area contributed by atoms with E-state index in [1.807, 2.05) is 66.7 Å². The molecule has 174 valence electrons. The molecule has 0 saturated heterocycles. The molecule has 0 aliphatic rings. The average molecular weight is 529 g/mol. The first kappa shape index (κ1) is 23.9.